The Morgan fingerprint density at radius 2 is 1.50 bits per heavy atom. The van der Waals surface area contributed by atoms with Crippen molar-refractivity contribution in [3.8, 4) is 35.7 Å². The summed E-state index contributed by atoms with van der Waals surface area (Å²) < 4.78 is 10.5. The maximum Gasteiger partial charge on any atom is 0.162 e. The molecule has 0 saturated carbocycles. The fourth-order valence-electron chi connectivity index (χ4n) is 1.36. The first kappa shape index (κ1) is 14.0. The van der Waals surface area contributed by atoms with Crippen molar-refractivity contribution in [1.29, 1.82) is 0 Å². The van der Waals surface area contributed by atoms with E-state index in [0.29, 0.717) is 17.1 Å². The lowest BCUT2D eigenvalue weighted by atomic mass is 9.96. The topological polar surface area (TPSA) is 18.5 Å². The van der Waals surface area contributed by atoms with Crippen molar-refractivity contribution >= 4 is 0 Å². The van der Waals surface area contributed by atoms with E-state index >= 15 is 0 Å². The zero-order chi connectivity index (χ0) is 13.8. The van der Waals surface area contributed by atoms with Gasteiger partial charge in [-0.1, -0.05) is 17.8 Å². The Morgan fingerprint density at radius 3 is 1.89 bits per heavy atom. The van der Waals surface area contributed by atoms with E-state index in [1.165, 1.54) is 0 Å². The zero-order valence-corrected chi connectivity index (χ0v) is 11.5. The van der Waals surface area contributed by atoms with Crippen molar-refractivity contribution in [2.24, 2.45) is 5.41 Å². The number of hydrogen-bond acceptors (Lipinski definition) is 2. The van der Waals surface area contributed by atoms with Crippen molar-refractivity contribution in [3.05, 3.63) is 23.3 Å². The van der Waals surface area contributed by atoms with E-state index < -0.39 is 0 Å². The van der Waals surface area contributed by atoms with Gasteiger partial charge in [-0.15, -0.1) is 6.42 Å². The lowest BCUT2D eigenvalue weighted by Crippen LogP contribution is -2.00. The Hall–Kier alpha value is -2.06. The first-order valence-corrected chi connectivity index (χ1v) is 5.67. The Morgan fingerprint density at radius 1 is 1.00 bits per heavy atom. The van der Waals surface area contributed by atoms with E-state index in [4.69, 9.17) is 15.9 Å². The van der Waals surface area contributed by atoms with Crippen LogP contribution in [0, 0.1) is 29.6 Å². The van der Waals surface area contributed by atoms with Crippen LogP contribution in [0.4, 0.5) is 0 Å². The van der Waals surface area contributed by atoms with Crippen LogP contribution in [0.25, 0.3) is 0 Å². The largest absolute Gasteiger partial charge is 0.493 e. The average molecular weight is 242 g/mol. The fraction of sp³-hybridized carbons (Fsp3) is 0.375. The quantitative estimate of drug-likeness (QED) is 0.742. The highest BCUT2D eigenvalue weighted by atomic mass is 16.5. The molecule has 1 rings (SSSR count). The maximum absolute atomic E-state index is 5.49. The molecule has 0 spiro atoms. The molecule has 0 fully saturated rings. The minimum Gasteiger partial charge on any atom is -0.493 e. The molecule has 2 heteroatoms. The third-order valence-electron chi connectivity index (χ3n) is 2.25. The molecule has 94 valence electrons. The zero-order valence-electron chi connectivity index (χ0n) is 11.5. The van der Waals surface area contributed by atoms with Gasteiger partial charge in [0.05, 0.1) is 14.2 Å². The van der Waals surface area contributed by atoms with Gasteiger partial charge in [0.2, 0.25) is 0 Å². The lowest BCUT2D eigenvalue weighted by molar-refractivity contribution is 0.355. The molecule has 0 saturated heterocycles. The summed E-state index contributed by atoms with van der Waals surface area (Å²) in [5, 5.41) is 0. The molecule has 0 radical (unpaired) electrons. The van der Waals surface area contributed by atoms with Crippen molar-refractivity contribution in [1.82, 2.24) is 0 Å². The molecular weight excluding hydrogens is 224 g/mol. The van der Waals surface area contributed by atoms with Crippen molar-refractivity contribution in [3.63, 3.8) is 0 Å². The van der Waals surface area contributed by atoms with Gasteiger partial charge in [-0.25, -0.2) is 0 Å². The molecule has 0 N–H and O–H groups in total. The molecule has 1 aromatic rings. The highest BCUT2D eigenvalue weighted by Crippen LogP contribution is 2.30. The van der Waals surface area contributed by atoms with Gasteiger partial charge in [0.1, 0.15) is 0 Å². The molecule has 0 aromatic heterocycles. The molecule has 0 bridgehead atoms. The molecule has 18 heavy (non-hydrogen) atoms. The second-order valence-corrected chi connectivity index (χ2v) is 4.90. The predicted octanol–water partition coefficient (Wildman–Crippen LogP) is 3.08. The van der Waals surface area contributed by atoms with E-state index in [1.54, 1.807) is 20.3 Å². The molecule has 0 aliphatic heterocycles. The van der Waals surface area contributed by atoms with Crippen molar-refractivity contribution in [2.75, 3.05) is 14.2 Å². The van der Waals surface area contributed by atoms with E-state index in [1.807, 2.05) is 6.07 Å². The summed E-state index contributed by atoms with van der Waals surface area (Å²) in [6.45, 7) is 6.16. The summed E-state index contributed by atoms with van der Waals surface area (Å²) in [5.74, 6) is 10.1. The van der Waals surface area contributed by atoms with Crippen molar-refractivity contribution in [2.45, 2.75) is 20.8 Å². The third-order valence-corrected chi connectivity index (χ3v) is 2.25. The van der Waals surface area contributed by atoms with Crippen LogP contribution in [-0.2, 0) is 0 Å². The van der Waals surface area contributed by atoms with Gasteiger partial charge >= 0.3 is 0 Å². The average Bonchev–Trinajstić information content (AvgIpc) is 2.34. The molecule has 0 unspecified atom stereocenters. The summed E-state index contributed by atoms with van der Waals surface area (Å²) in [6.07, 6.45) is 5.49. The van der Waals surface area contributed by atoms with E-state index in [9.17, 15) is 0 Å². The number of methoxy groups -OCH3 is 2. The van der Waals surface area contributed by atoms with Gasteiger partial charge in [0, 0.05) is 28.7 Å². The molecular formula is C16H18O2. The monoisotopic (exact) mass is 242 g/mol. The highest BCUT2D eigenvalue weighted by Gasteiger charge is 2.09. The van der Waals surface area contributed by atoms with Crippen LogP contribution < -0.4 is 9.47 Å². The van der Waals surface area contributed by atoms with Crippen LogP contribution in [-0.4, -0.2) is 14.2 Å². The van der Waals surface area contributed by atoms with Crippen LogP contribution >= 0.6 is 0 Å². The van der Waals surface area contributed by atoms with Gasteiger partial charge in [-0.3, -0.25) is 0 Å². The second kappa shape index (κ2) is 5.52. The van der Waals surface area contributed by atoms with Crippen LogP contribution in [0.2, 0.25) is 0 Å². The smallest absolute Gasteiger partial charge is 0.162 e. The normalized spacial score (nSPS) is 10.0. The van der Waals surface area contributed by atoms with E-state index in [2.05, 4.69) is 38.5 Å². The van der Waals surface area contributed by atoms with Gasteiger partial charge in [0.25, 0.3) is 0 Å². The summed E-state index contributed by atoms with van der Waals surface area (Å²) in [4.78, 5) is 0. The van der Waals surface area contributed by atoms with Crippen molar-refractivity contribution < 1.29 is 9.47 Å². The van der Waals surface area contributed by atoms with Gasteiger partial charge in [-0.2, -0.15) is 0 Å². The molecule has 1 aromatic carbocycles. The molecule has 2 nitrogen and oxygen atoms in total. The molecule has 0 aliphatic carbocycles. The summed E-state index contributed by atoms with van der Waals surface area (Å²) in [6, 6.07) is 3.58. The summed E-state index contributed by atoms with van der Waals surface area (Å²) >= 11 is 0. The summed E-state index contributed by atoms with van der Waals surface area (Å²) in [5.41, 5.74) is 1.42. The second-order valence-electron chi connectivity index (χ2n) is 4.90. The number of hydrogen-bond donors (Lipinski definition) is 0. The van der Waals surface area contributed by atoms with Crippen LogP contribution in [0.1, 0.15) is 31.9 Å². The predicted molar refractivity (Wildman–Crippen MR) is 73.8 cm³/mol. The van der Waals surface area contributed by atoms with Gasteiger partial charge in [-0.05, 0) is 20.8 Å². The molecule has 0 atom stereocenters. The lowest BCUT2D eigenvalue weighted by Gasteiger charge is -2.10. The molecule has 0 amide bonds. The number of ether oxygens (including phenoxy) is 2. The SMILES string of the molecule is C#Cc1cc(OC)c(OC)cc1C#CC(C)(C)C. The Bertz CT molecular complexity index is 531. The number of benzene rings is 1. The first-order chi connectivity index (χ1) is 8.41. The Kier molecular flexibility index (Phi) is 4.29. The number of terminal acetylenes is 1. The van der Waals surface area contributed by atoms with Crippen LogP contribution in [0.3, 0.4) is 0 Å². The van der Waals surface area contributed by atoms with E-state index in [0.717, 1.165) is 5.56 Å². The van der Waals surface area contributed by atoms with Gasteiger partial charge < -0.3 is 9.47 Å². The standard InChI is InChI=1S/C16H18O2/c1-7-12-10-14(17-5)15(18-6)11-13(12)8-9-16(2,3)4/h1,10-11H,2-6H3. The first-order valence-electron chi connectivity index (χ1n) is 5.67. The summed E-state index contributed by atoms with van der Waals surface area (Å²) in [7, 11) is 3.17. The number of rotatable bonds is 2. The molecule has 0 aliphatic rings. The minimum atomic E-state index is -0.0704. The van der Waals surface area contributed by atoms with Crippen LogP contribution in [0.5, 0.6) is 11.5 Å². The van der Waals surface area contributed by atoms with E-state index in [-0.39, 0.29) is 5.41 Å². The third kappa shape index (κ3) is 3.47. The van der Waals surface area contributed by atoms with Gasteiger partial charge in [0.15, 0.2) is 11.5 Å². The highest BCUT2D eigenvalue weighted by molar-refractivity contribution is 5.58. The fourth-order valence-corrected chi connectivity index (χ4v) is 1.36. The Labute approximate surface area is 109 Å². The minimum absolute atomic E-state index is 0.0704. The Balaban J connectivity index is 3.35. The maximum atomic E-state index is 5.49. The molecule has 0 heterocycles. The van der Waals surface area contributed by atoms with Crippen LogP contribution in [0.15, 0.2) is 12.1 Å².